The summed E-state index contributed by atoms with van der Waals surface area (Å²) >= 11 is 8.79. The predicted octanol–water partition coefficient (Wildman–Crippen LogP) is 5.10. The molecule has 8 heteroatoms. The van der Waals surface area contributed by atoms with Gasteiger partial charge in [-0.3, -0.25) is 4.79 Å². The van der Waals surface area contributed by atoms with Crippen LogP contribution in [0.15, 0.2) is 63.4 Å². The topological polar surface area (TPSA) is 63.6 Å². The first kappa shape index (κ1) is 20.4. The number of nitrogens with one attached hydrogen (secondary N) is 1. The van der Waals surface area contributed by atoms with Crippen molar-refractivity contribution in [2.24, 2.45) is 5.10 Å². The summed E-state index contributed by atoms with van der Waals surface area (Å²) in [6.45, 7) is 2.53. The second-order valence-corrected chi connectivity index (χ2v) is 8.11. The van der Waals surface area contributed by atoms with Crippen LogP contribution < -0.4 is 10.2 Å². The van der Waals surface area contributed by atoms with E-state index in [4.69, 9.17) is 16.3 Å². The molecule has 0 radical (unpaired) electrons. The van der Waals surface area contributed by atoms with Crippen LogP contribution in [0.3, 0.4) is 0 Å². The van der Waals surface area contributed by atoms with Gasteiger partial charge in [-0.2, -0.15) is 5.10 Å². The largest absolute Gasteiger partial charge is 0.494 e. The molecule has 2 aromatic carbocycles. The van der Waals surface area contributed by atoms with Crippen LogP contribution in [0.1, 0.15) is 12.5 Å². The van der Waals surface area contributed by atoms with Crippen molar-refractivity contribution in [2.45, 2.75) is 11.3 Å². The third-order valence-corrected chi connectivity index (χ3v) is 5.79. The molecule has 5 nitrogen and oxygen atoms in total. The maximum Gasteiger partial charge on any atom is 0.250 e. The van der Waals surface area contributed by atoms with Gasteiger partial charge in [-0.1, -0.05) is 47.6 Å². The monoisotopic (exact) mass is 431 g/mol. The molecule has 1 aromatic heterocycles. The van der Waals surface area contributed by atoms with Crippen molar-refractivity contribution in [1.82, 2.24) is 10.4 Å². The lowest BCUT2D eigenvalue weighted by atomic mass is 10.2. The summed E-state index contributed by atoms with van der Waals surface area (Å²) in [6, 6.07) is 15.0. The number of ether oxygens (including phenoxy) is 1. The molecule has 0 bridgehead atoms. The van der Waals surface area contributed by atoms with Crippen molar-refractivity contribution in [3.05, 3.63) is 64.5 Å². The number of carbonyl (C=O) groups is 1. The van der Waals surface area contributed by atoms with E-state index < -0.39 is 0 Å². The number of hydrazone groups is 1. The molecule has 28 heavy (non-hydrogen) atoms. The molecule has 144 valence electrons. The highest BCUT2D eigenvalue weighted by Crippen LogP contribution is 2.28. The van der Waals surface area contributed by atoms with Crippen LogP contribution in [0.2, 0.25) is 5.02 Å². The molecule has 0 aliphatic carbocycles. The molecular formula is C20H18ClN3O2S2. The minimum absolute atomic E-state index is 0.189. The van der Waals surface area contributed by atoms with Gasteiger partial charge in [0.2, 0.25) is 0 Å². The average Bonchev–Trinajstić information content (AvgIpc) is 3.17. The van der Waals surface area contributed by atoms with Gasteiger partial charge in [0.05, 0.1) is 24.3 Å². The average molecular weight is 432 g/mol. The summed E-state index contributed by atoms with van der Waals surface area (Å²) in [5.41, 5.74) is 5.25. The van der Waals surface area contributed by atoms with Crippen LogP contribution in [0.25, 0.3) is 11.3 Å². The van der Waals surface area contributed by atoms with E-state index in [1.165, 1.54) is 23.1 Å². The van der Waals surface area contributed by atoms with Crippen LogP contribution in [-0.4, -0.2) is 29.5 Å². The van der Waals surface area contributed by atoms with Gasteiger partial charge in [-0.25, -0.2) is 10.4 Å². The maximum atomic E-state index is 12.0. The molecule has 0 unspecified atom stereocenters. The van der Waals surface area contributed by atoms with Crippen molar-refractivity contribution in [2.75, 3.05) is 12.4 Å². The Balaban J connectivity index is 1.48. The number of benzene rings is 2. The molecular weight excluding hydrogens is 414 g/mol. The Morgan fingerprint density at radius 1 is 1.32 bits per heavy atom. The van der Waals surface area contributed by atoms with E-state index in [2.05, 4.69) is 15.5 Å². The number of thiazole rings is 1. The quantitative estimate of drug-likeness (QED) is 0.306. The molecule has 0 fully saturated rings. The first-order valence-corrected chi connectivity index (χ1v) is 10.8. The predicted molar refractivity (Wildman–Crippen MR) is 117 cm³/mol. The second kappa shape index (κ2) is 10.3. The number of amides is 1. The minimum Gasteiger partial charge on any atom is -0.494 e. The zero-order chi connectivity index (χ0) is 19.8. The molecule has 0 aliphatic heterocycles. The number of rotatable bonds is 8. The van der Waals surface area contributed by atoms with E-state index >= 15 is 0 Å². The number of hydrogen-bond donors (Lipinski definition) is 1. The van der Waals surface area contributed by atoms with Gasteiger partial charge in [-0.05, 0) is 36.8 Å². The Kier molecular flexibility index (Phi) is 7.47. The van der Waals surface area contributed by atoms with Gasteiger partial charge in [-0.15, -0.1) is 11.3 Å². The number of hydrogen-bond acceptors (Lipinski definition) is 6. The highest BCUT2D eigenvalue weighted by molar-refractivity contribution is 8.01. The maximum absolute atomic E-state index is 12.0. The molecule has 0 aliphatic rings. The van der Waals surface area contributed by atoms with Crippen molar-refractivity contribution in [3.8, 4) is 17.0 Å². The number of nitrogens with zero attached hydrogens (tertiary/aromatic N) is 2. The summed E-state index contributed by atoms with van der Waals surface area (Å²) in [5.74, 6) is 0.822. The van der Waals surface area contributed by atoms with E-state index in [9.17, 15) is 4.79 Å². The number of carbonyl (C=O) groups excluding carboxylic acids is 1. The fourth-order valence-electron chi connectivity index (χ4n) is 2.27. The lowest BCUT2D eigenvalue weighted by Crippen LogP contribution is -2.19. The molecule has 3 aromatic rings. The fraction of sp³-hybridized carbons (Fsp3) is 0.150. The lowest BCUT2D eigenvalue weighted by Gasteiger charge is -2.03. The van der Waals surface area contributed by atoms with E-state index in [0.29, 0.717) is 11.6 Å². The Morgan fingerprint density at radius 2 is 2.14 bits per heavy atom. The molecule has 0 atom stereocenters. The van der Waals surface area contributed by atoms with E-state index in [-0.39, 0.29) is 11.7 Å². The zero-order valence-electron chi connectivity index (χ0n) is 15.1. The van der Waals surface area contributed by atoms with Crippen molar-refractivity contribution in [3.63, 3.8) is 0 Å². The van der Waals surface area contributed by atoms with Gasteiger partial charge in [0.15, 0.2) is 4.34 Å². The van der Waals surface area contributed by atoms with Gasteiger partial charge in [0, 0.05) is 16.0 Å². The van der Waals surface area contributed by atoms with E-state index in [1.54, 1.807) is 6.21 Å². The smallest absolute Gasteiger partial charge is 0.250 e. The fourth-order valence-corrected chi connectivity index (χ4v) is 4.02. The lowest BCUT2D eigenvalue weighted by molar-refractivity contribution is -0.118. The Bertz CT molecular complexity index is 958. The Hall–Kier alpha value is -2.35. The van der Waals surface area contributed by atoms with Gasteiger partial charge >= 0.3 is 0 Å². The van der Waals surface area contributed by atoms with Gasteiger partial charge in [0.1, 0.15) is 5.75 Å². The first-order chi connectivity index (χ1) is 13.6. The number of thioether (sulfide) groups is 1. The van der Waals surface area contributed by atoms with Crippen LogP contribution in [0.4, 0.5) is 0 Å². The van der Waals surface area contributed by atoms with Gasteiger partial charge < -0.3 is 4.74 Å². The summed E-state index contributed by atoms with van der Waals surface area (Å²) in [7, 11) is 0. The van der Waals surface area contributed by atoms with Crippen LogP contribution in [0.5, 0.6) is 5.75 Å². The third-order valence-electron chi connectivity index (χ3n) is 3.52. The summed E-state index contributed by atoms with van der Waals surface area (Å²) in [5, 5.41) is 6.65. The van der Waals surface area contributed by atoms with E-state index in [0.717, 1.165) is 26.9 Å². The van der Waals surface area contributed by atoms with Crippen LogP contribution in [-0.2, 0) is 4.79 Å². The van der Waals surface area contributed by atoms with Crippen molar-refractivity contribution in [1.29, 1.82) is 0 Å². The molecule has 3 rings (SSSR count). The summed E-state index contributed by atoms with van der Waals surface area (Å²) < 4.78 is 6.26. The highest BCUT2D eigenvalue weighted by Gasteiger charge is 2.08. The normalized spacial score (nSPS) is 10.9. The minimum atomic E-state index is -0.189. The zero-order valence-corrected chi connectivity index (χ0v) is 17.5. The number of halogens is 1. The van der Waals surface area contributed by atoms with Crippen molar-refractivity contribution >= 4 is 46.8 Å². The molecule has 1 amide bonds. The number of aromatic nitrogens is 1. The molecule has 1 heterocycles. The third kappa shape index (κ3) is 6.09. The second-order valence-electron chi connectivity index (χ2n) is 5.59. The van der Waals surface area contributed by atoms with Gasteiger partial charge in [0.25, 0.3) is 5.91 Å². The molecule has 0 spiro atoms. The highest BCUT2D eigenvalue weighted by atomic mass is 35.5. The SMILES string of the molecule is CCOc1cccc(/C=N/NC(=O)CSc2nc(-c3ccc(Cl)cc3)cs2)c1. The Labute approximate surface area is 176 Å². The van der Waals surface area contributed by atoms with E-state index in [1.807, 2.05) is 60.8 Å². The summed E-state index contributed by atoms with van der Waals surface area (Å²) in [6.07, 6.45) is 1.59. The molecule has 0 saturated heterocycles. The van der Waals surface area contributed by atoms with Crippen LogP contribution in [0, 0.1) is 0 Å². The van der Waals surface area contributed by atoms with Crippen molar-refractivity contribution < 1.29 is 9.53 Å². The summed E-state index contributed by atoms with van der Waals surface area (Å²) in [4.78, 5) is 16.5. The standard InChI is InChI=1S/C20H18ClN3O2S2/c1-2-26-17-5-3-4-14(10-17)11-22-24-19(25)13-28-20-23-18(12-27-20)15-6-8-16(21)9-7-15/h3-12H,2,13H2,1H3,(H,24,25)/b22-11+. The molecule has 1 N–H and O–H groups in total. The molecule has 0 saturated carbocycles. The Morgan fingerprint density at radius 3 is 2.93 bits per heavy atom. The first-order valence-electron chi connectivity index (χ1n) is 8.53. The van der Waals surface area contributed by atoms with Crippen LogP contribution >= 0.6 is 34.7 Å².